The fraction of sp³-hybridized carbons (Fsp3) is 0.417. The van der Waals surface area contributed by atoms with Gasteiger partial charge >= 0.3 is 0 Å². The van der Waals surface area contributed by atoms with Crippen molar-refractivity contribution in [2.24, 2.45) is 5.73 Å². The Morgan fingerprint density at radius 2 is 1.88 bits per heavy atom. The van der Waals surface area contributed by atoms with Gasteiger partial charge in [0, 0.05) is 0 Å². The molecule has 0 fully saturated rings. The molecule has 0 saturated heterocycles. The highest BCUT2D eigenvalue weighted by Crippen LogP contribution is 2.10. The molecule has 0 aliphatic rings. The summed E-state index contributed by atoms with van der Waals surface area (Å²) < 4.78 is 0. The lowest BCUT2D eigenvalue weighted by Crippen LogP contribution is -2.39. The topological polar surface area (TPSA) is 64.3 Å². The monoisotopic (exact) mass is 222 g/mol. The summed E-state index contributed by atoms with van der Waals surface area (Å²) in [7, 11) is 0. The zero-order valence-electron chi connectivity index (χ0n) is 9.86. The van der Waals surface area contributed by atoms with Gasteiger partial charge in [0.1, 0.15) is 6.04 Å². The minimum Gasteiger partial charge on any atom is -0.316 e. The number of benzene rings is 1. The van der Waals surface area contributed by atoms with Crippen molar-refractivity contribution in [2.45, 2.75) is 32.4 Å². The molecule has 88 valence electrons. The van der Waals surface area contributed by atoms with E-state index in [1.54, 1.807) is 12.1 Å². The molecule has 0 bridgehead atoms. The molecule has 0 aromatic heterocycles. The smallest absolute Gasteiger partial charge is 0.265 e. The summed E-state index contributed by atoms with van der Waals surface area (Å²) in [6.07, 6.45) is 0. The molecule has 1 atom stereocenters. The van der Waals surface area contributed by atoms with E-state index in [1.807, 2.05) is 39.0 Å². The van der Waals surface area contributed by atoms with E-state index in [2.05, 4.69) is 5.48 Å². The van der Waals surface area contributed by atoms with E-state index in [4.69, 9.17) is 10.6 Å². The van der Waals surface area contributed by atoms with E-state index >= 15 is 0 Å². The summed E-state index contributed by atoms with van der Waals surface area (Å²) in [4.78, 5) is 16.8. The number of hydrogen-bond donors (Lipinski definition) is 2. The minimum absolute atomic E-state index is 0.346. The van der Waals surface area contributed by atoms with Crippen molar-refractivity contribution in [1.29, 1.82) is 0 Å². The van der Waals surface area contributed by atoms with Gasteiger partial charge in [-0.25, -0.2) is 5.48 Å². The first kappa shape index (κ1) is 12.7. The lowest BCUT2D eigenvalue weighted by Gasteiger charge is -2.20. The van der Waals surface area contributed by atoms with E-state index in [0.29, 0.717) is 0 Å². The summed E-state index contributed by atoms with van der Waals surface area (Å²) in [5.41, 5.74) is 8.47. The van der Waals surface area contributed by atoms with Crippen LogP contribution < -0.4 is 11.2 Å². The first-order valence-corrected chi connectivity index (χ1v) is 5.18. The highest BCUT2D eigenvalue weighted by molar-refractivity contribution is 5.81. The second-order valence-corrected chi connectivity index (χ2v) is 4.57. The van der Waals surface area contributed by atoms with Gasteiger partial charge in [-0.05, 0) is 26.3 Å². The van der Waals surface area contributed by atoms with Crippen LogP contribution in [0.3, 0.4) is 0 Å². The van der Waals surface area contributed by atoms with Gasteiger partial charge in [0.15, 0.2) is 0 Å². The van der Waals surface area contributed by atoms with Gasteiger partial charge < -0.3 is 5.73 Å². The SMILES string of the molecule is CC(C)(C)ONC(=O)C(N)c1ccccc1. The van der Waals surface area contributed by atoms with Gasteiger partial charge in [-0.15, -0.1) is 0 Å². The zero-order valence-corrected chi connectivity index (χ0v) is 9.86. The average molecular weight is 222 g/mol. The standard InChI is InChI=1S/C12H18N2O2/c1-12(2,3)16-14-11(15)10(13)9-7-5-4-6-8-9/h4-8,10H,13H2,1-3H3,(H,14,15). The molecule has 4 nitrogen and oxygen atoms in total. The van der Waals surface area contributed by atoms with E-state index in [9.17, 15) is 4.79 Å². The van der Waals surface area contributed by atoms with Crippen molar-refractivity contribution < 1.29 is 9.63 Å². The first-order valence-electron chi connectivity index (χ1n) is 5.18. The third kappa shape index (κ3) is 4.00. The van der Waals surface area contributed by atoms with E-state index in [0.717, 1.165) is 5.56 Å². The van der Waals surface area contributed by atoms with Gasteiger partial charge in [-0.1, -0.05) is 30.3 Å². The number of nitrogens with one attached hydrogen (secondary N) is 1. The Morgan fingerprint density at radius 3 is 2.38 bits per heavy atom. The van der Waals surface area contributed by atoms with Gasteiger partial charge in [-0.2, -0.15) is 0 Å². The van der Waals surface area contributed by atoms with Gasteiger partial charge in [0.25, 0.3) is 5.91 Å². The highest BCUT2D eigenvalue weighted by Gasteiger charge is 2.18. The summed E-state index contributed by atoms with van der Waals surface area (Å²) in [6.45, 7) is 5.55. The molecule has 4 heteroatoms. The number of nitrogens with two attached hydrogens (primary N) is 1. The molecule has 0 heterocycles. The van der Waals surface area contributed by atoms with Crippen LogP contribution in [0.1, 0.15) is 32.4 Å². The molecule has 0 saturated carbocycles. The molecule has 0 radical (unpaired) electrons. The molecule has 3 N–H and O–H groups in total. The van der Waals surface area contributed by atoms with E-state index < -0.39 is 11.6 Å². The Balaban J connectivity index is 2.55. The van der Waals surface area contributed by atoms with Crippen molar-refractivity contribution in [2.75, 3.05) is 0 Å². The van der Waals surface area contributed by atoms with Gasteiger partial charge in [-0.3, -0.25) is 9.63 Å². The lowest BCUT2D eigenvalue weighted by molar-refractivity contribution is -0.147. The molecule has 1 aromatic rings. The number of hydrogen-bond acceptors (Lipinski definition) is 3. The number of rotatable bonds is 3. The van der Waals surface area contributed by atoms with Crippen LogP contribution in [-0.4, -0.2) is 11.5 Å². The van der Waals surface area contributed by atoms with E-state index in [1.165, 1.54) is 0 Å². The molecule has 1 amide bonds. The van der Waals surface area contributed by atoms with Gasteiger partial charge in [0.2, 0.25) is 0 Å². The Bertz CT molecular complexity index is 344. The molecular weight excluding hydrogens is 204 g/mol. The van der Waals surface area contributed by atoms with Crippen LogP contribution in [0.15, 0.2) is 30.3 Å². The third-order valence-electron chi connectivity index (χ3n) is 1.90. The van der Waals surface area contributed by atoms with Crippen molar-refractivity contribution in [3.63, 3.8) is 0 Å². The predicted octanol–water partition coefficient (Wildman–Crippen LogP) is 1.53. The predicted molar refractivity (Wildman–Crippen MR) is 62.4 cm³/mol. The van der Waals surface area contributed by atoms with Crippen LogP contribution in [0.5, 0.6) is 0 Å². The molecule has 0 aliphatic carbocycles. The molecule has 1 unspecified atom stereocenters. The van der Waals surface area contributed by atoms with E-state index in [-0.39, 0.29) is 5.91 Å². The highest BCUT2D eigenvalue weighted by atomic mass is 16.7. The minimum atomic E-state index is -0.705. The second-order valence-electron chi connectivity index (χ2n) is 4.57. The Labute approximate surface area is 95.7 Å². The van der Waals surface area contributed by atoms with Crippen LogP contribution in [0.4, 0.5) is 0 Å². The largest absolute Gasteiger partial charge is 0.316 e. The summed E-state index contributed by atoms with van der Waals surface area (Å²) in [5.74, 6) is -0.346. The third-order valence-corrected chi connectivity index (χ3v) is 1.90. The number of amides is 1. The van der Waals surface area contributed by atoms with Crippen molar-refractivity contribution in [1.82, 2.24) is 5.48 Å². The quantitative estimate of drug-likeness (QED) is 0.762. The lowest BCUT2D eigenvalue weighted by atomic mass is 10.1. The molecule has 0 spiro atoms. The number of carbonyl (C=O) groups is 1. The second kappa shape index (κ2) is 5.09. The molecule has 1 rings (SSSR count). The van der Waals surface area contributed by atoms with Crippen molar-refractivity contribution in [3.05, 3.63) is 35.9 Å². The number of hydroxylamine groups is 1. The van der Waals surface area contributed by atoms with Gasteiger partial charge in [0.05, 0.1) is 5.60 Å². The first-order chi connectivity index (χ1) is 7.40. The average Bonchev–Trinajstić information content (AvgIpc) is 2.25. The van der Waals surface area contributed by atoms with Crippen LogP contribution in [-0.2, 0) is 9.63 Å². The van der Waals surface area contributed by atoms with Crippen molar-refractivity contribution in [3.8, 4) is 0 Å². The molecule has 16 heavy (non-hydrogen) atoms. The normalized spacial score (nSPS) is 13.2. The summed E-state index contributed by atoms with van der Waals surface area (Å²) in [6, 6.07) is 8.46. The Morgan fingerprint density at radius 1 is 1.31 bits per heavy atom. The molecule has 1 aromatic carbocycles. The summed E-state index contributed by atoms with van der Waals surface area (Å²) in [5, 5.41) is 0. The maximum absolute atomic E-state index is 11.6. The molecular formula is C12H18N2O2. The van der Waals surface area contributed by atoms with Crippen LogP contribution in [0.2, 0.25) is 0 Å². The number of carbonyl (C=O) groups excluding carboxylic acids is 1. The zero-order chi connectivity index (χ0) is 12.2. The fourth-order valence-electron chi connectivity index (χ4n) is 1.08. The van der Waals surface area contributed by atoms with Crippen molar-refractivity contribution >= 4 is 5.91 Å². The molecule has 0 aliphatic heterocycles. The Kier molecular flexibility index (Phi) is 4.04. The summed E-state index contributed by atoms with van der Waals surface area (Å²) >= 11 is 0. The van der Waals surface area contributed by atoms with Crippen LogP contribution in [0.25, 0.3) is 0 Å². The fourth-order valence-corrected chi connectivity index (χ4v) is 1.08. The van der Waals surface area contributed by atoms with Crippen LogP contribution in [0, 0.1) is 0 Å². The Hall–Kier alpha value is -1.39. The maximum Gasteiger partial charge on any atom is 0.265 e. The van der Waals surface area contributed by atoms with Crippen LogP contribution >= 0.6 is 0 Å². The maximum atomic E-state index is 11.6.